The molecule has 2 aromatic rings. The van der Waals surface area contributed by atoms with Crippen LogP contribution in [0.3, 0.4) is 0 Å². The molecule has 0 atom stereocenters. The molecule has 122 valence electrons. The lowest BCUT2D eigenvalue weighted by atomic mass is 10.2. The van der Waals surface area contributed by atoms with Gasteiger partial charge < -0.3 is 20.0 Å². The van der Waals surface area contributed by atoms with Crippen LogP contribution in [0.1, 0.15) is 16.9 Å². The van der Waals surface area contributed by atoms with Crippen LogP contribution in [0.5, 0.6) is 0 Å². The summed E-state index contributed by atoms with van der Waals surface area (Å²) < 4.78 is 5.39. The minimum atomic E-state index is -0.184. The van der Waals surface area contributed by atoms with Crippen molar-refractivity contribution in [2.75, 3.05) is 39.3 Å². The third-order valence-corrected chi connectivity index (χ3v) is 3.90. The molecule has 3 rings (SSSR count). The molecule has 1 saturated heterocycles. The highest BCUT2D eigenvalue weighted by atomic mass is 16.3. The molecule has 23 heavy (non-hydrogen) atoms. The predicted octanol–water partition coefficient (Wildman–Crippen LogP) is 1.37. The Labute approximate surface area is 135 Å². The molecule has 1 amide bonds. The molecule has 0 radical (unpaired) electrons. The van der Waals surface area contributed by atoms with Gasteiger partial charge in [-0.2, -0.15) is 0 Å². The molecule has 1 aliphatic heterocycles. The predicted molar refractivity (Wildman–Crippen MR) is 88.2 cm³/mol. The van der Waals surface area contributed by atoms with Crippen LogP contribution in [0.15, 0.2) is 41.0 Å². The Morgan fingerprint density at radius 3 is 2.83 bits per heavy atom. The molecule has 6 nitrogen and oxygen atoms in total. The molecule has 0 unspecified atom stereocenters. The number of hydrogen-bond acceptors (Lipinski definition) is 5. The molecule has 2 heterocycles. The average Bonchev–Trinajstić information content (AvgIpc) is 3.10. The maximum atomic E-state index is 12.1. The van der Waals surface area contributed by atoms with Gasteiger partial charge in [-0.25, -0.2) is 4.98 Å². The van der Waals surface area contributed by atoms with E-state index in [0.717, 1.165) is 44.7 Å². The van der Waals surface area contributed by atoms with Crippen molar-refractivity contribution in [3.63, 3.8) is 0 Å². The minimum absolute atomic E-state index is 0.184. The van der Waals surface area contributed by atoms with Gasteiger partial charge in [0.15, 0.2) is 5.69 Å². The van der Waals surface area contributed by atoms with Crippen molar-refractivity contribution in [1.29, 1.82) is 0 Å². The molecule has 1 aromatic heterocycles. The van der Waals surface area contributed by atoms with Gasteiger partial charge in [0.1, 0.15) is 6.26 Å². The van der Waals surface area contributed by atoms with Gasteiger partial charge in [-0.15, -0.1) is 0 Å². The number of rotatable bonds is 6. The van der Waals surface area contributed by atoms with Gasteiger partial charge >= 0.3 is 0 Å². The van der Waals surface area contributed by atoms with Gasteiger partial charge in [-0.05, 0) is 25.1 Å². The van der Waals surface area contributed by atoms with Crippen molar-refractivity contribution in [2.24, 2.45) is 0 Å². The molecular formula is C17H22N4O2. The Hall–Kier alpha value is -2.18. The minimum Gasteiger partial charge on any atom is -0.444 e. The number of carbonyl (C=O) groups excluding carboxylic acids is 1. The summed E-state index contributed by atoms with van der Waals surface area (Å²) in [6.07, 6.45) is 2.35. The standard InChI is InChI=1S/C17H22N4O2/c22-16(19-7-4-10-21-11-8-18-9-12-21)15-13-23-17(20-15)14-5-2-1-3-6-14/h1-3,5-6,13,18H,4,7-12H2,(H,19,22). The largest absolute Gasteiger partial charge is 0.444 e. The SMILES string of the molecule is O=C(NCCCN1CCNCC1)c1coc(-c2ccccc2)n1. The number of amides is 1. The third-order valence-electron chi connectivity index (χ3n) is 3.90. The van der Waals surface area contributed by atoms with Crippen molar-refractivity contribution in [2.45, 2.75) is 6.42 Å². The molecule has 2 N–H and O–H groups in total. The molecule has 6 heteroatoms. The van der Waals surface area contributed by atoms with E-state index in [2.05, 4.69) is 20.5 Å². The number of piperazine rings is 1. The highest BCUT2D eigenvalue weighted by Crippen LogP contribution is 2.17. The van der Waals surface area contributed by atoms with Gasteiger partial charge in [0.05, 0.1) is 0 Å². The van der Waals surface area contributed by atoms with Crippen LogP contribution in [-0.4, -0.2) is 55.1 Å². The first-order chi connectivity index (χ1) is 11.3. The number of nitrogens with zero attached hydrogens (tertiary/aromatic N) is 2. The van der Waals surface area contributed by atoms with Crippen LogP contribution in [-0.2, 0) is 0 Å². The zero-order chi connectivity index (χ0) is 15.9. The van der Waals surface area contributed by atoms with Crippen LogP contribution in [0.4, 0.5) is 0 Å². The maximum absolute atomic E-state index is 12.1. The summed E-state index contributed by atoms with van der Waals surface area (Å²) in [6, 6.07) is 9.56. The highest BCUT2D eigenvalue weighted by Gasteiger charge is 2.13. The van der Waals surface area contributed by atoms with Crippen molar-refractivity contribution >= 4 is 5.91 Å². The van der Waals surface area contributed by atoms with Gasteiger partial charge in [0.25, 0.3) is 5.91 Å². The van der Waals surface area contributed by atoms with Crippen LogP contribution in [0.25, 0.3) is 11.5 Å². The van der Waals surface area contributed by atoms with Crippen molar-refractivity contribution in [3.8, 4) is 11.5 Å². The monoisotopic (exact) mass is 314 g/mol. The van der Waals surface area contributed by atoms with E-state index in [4.69, 9.17) is 4.42 Å². The summed E-state index contributed by atoms with van der Waals surface area (Å²) in [6.45, 7) is 5.92. The second-order valence-electron chi connectivity index (χ2n) is 5.61. The third kappa shape index (κ3) is 4.40. The van der Waals surface area contributed by atoms with Crippen molar-refractivity contribution in [1.82, 2.24) is 20.5 Å². The van der Waals surface area contributed by atoms with Gasteiger partial charge in [0.2, 0.25) is 5.89 Å². The fourth-order valence-electron chi connectivity index (χ4n) is 2.62. The van der Waals surface area contributed by atoms with Gasteiger partial charge in [-0.1, -0.05) is 18.2 Å². The fourth-order valence-corrected chi connectivity index (χ4v) is 2.62. The molecule has 0 saturated carbocycles. The lowest BCUT2D eigenvalue weighted by Crippen LogP contribution is -2.44. The van der Waals surface area contributed by atoms with E-state index in [1.807, 2.05) is 30.3 Å². The summed E-state index contributed by atoms with van der Waals surface area (Å²) in [5.74, 6) is 0.285. The maximum Gasteiger partial charge on any atom is 0.273 e. The molecule has 1 fully saturated rings. The first-order valence-electron chi connectivity index (χ1n) is 8.05. The second-order valence-corrected chi connectivity index (χ2v) is 5.61. The molecule has 1 aliphatic rings. The Bertz CT molecular complexity index is 621. The molecule has 0 spiro atoms. The van der Waals surface area contributed by atoms with E-state index in [1.54, 1.807) is 0 Å². The van der Waals surface area contributed by atoms with Gasteiger partial charge in [-0.3, -0.25) is 4.79 Å². The van der Waals surface area contributed by atoms with E-state index >= 15 is 0 Å². The van der Waals surface area contributed by atoms with Crippen LogP contribution in [0, 0.1) is 0 Å². The number of nitrogens with one attached hydrogen (secondary N) is 2. The molecule has 1 aromatic carbocycles. The van der Waals surface area contributed by atoms with Crippen LogP contribution >= 0.6 is 0 Å². The van der Waals surface area contributed by atoms with E-state index in [9.17, 15) is 4.79 Å². The lowest BCUT2D eigenvalue weighted by Gasteiger charge is -2.26. The first kappa shape index (κ1) is 15.7. The van der Waals surface area contributed by atoms with E-state index in [0.29, 0.717) is 18.1 Å². The number of carbonyl (C=O) groups is 1. The van der Waals surface area contributed by atoms with Crippen LogP contribution in [0.2, 0.25) is 0 Å². The Balaban J connectivity index is 1.44. The zero-order valence-electron chi connectivity index (χ0n) is 13.1. The lowest BCUT2D eigenvalue weighted by molar-refractivity contribution is 0.0946. The zero-order valence-corrected chi connectivity index (χ0v) is 13.1. The summed E-state index contributed by atoms with van der Waals surface area (Å²) in [5, 5.41) is 6.23. The molecule has 0 bridgehead atoms. The van der Waals surface area contributed by atoms with Gasteiger partial charge in [0, 0.05) is 38.3 Å². The highest BCUT2D eigenvalue weighted by molar-refractivity contribution is 5.92. The summed E-state index contributed by atoms with van der Waals surface area (Å²) in [4.78, 5) is 18.7. The van der Waals surface area contributed by atoms with Crippen LogP contribution < -0.4 is 10.6 Å². The number of aromatic nitrogens is 1. The molecular weight excluding hydrogens is 292 g/mol. The smallest absolute Gasteiger partial charge is 0.273 e. The quantitative estimate of drug-likeness (QED) is 0.788. The fraction of sp³-hybridized carbons (Fsp3) is 0.412. The summed E-state index contributed by atoms with van der Waals surface area (Å²) in [5.41, 5.74) is 1.19. The van der Waals surface area contributed by atoms with E-state index < -0.39 is 0 Å². The van der Waals surface area contributed by atoms with E-state index in [-0.39, 0.29) is 5.91 Å². The summed E-state index contributed by atoms with van der Waals surface area (Å²) >= 11 is 0. The molecule has 0 aliphatic carbocycles. The number of hydrogen-bond donors (Lipinski definition) is 2. The Kier molecular flexibility index (Phi) is 5.39. The Morgan fingerprint density at radius 2 is 2.04 bits per heavy atom. The Morgan fingerprint density at radius 1 is 1.26 bits per heavy atom. The normalized spacial score (nSPS) is 15.5. The summed E-state index contributed by atoms with van der Waals surface area (Å²) in [7, 11) is 0. The average molecular weight is 314 g/mol. The van der Waals surface area contributed by atoms with Crippen molar-refractivity contribution in [3.05, 3.63) is 42.3 Å². The topological polar surface area (TPSA) is 70.4 Å². The second kappa shape index (κ2) is 7.89. The van der Waals surface area contributed by atoms with Crippen molar-refractivity contribution < 1.29 is 9.21 Å². The number of oxazole rings is 1. The first-order valence-corrected chi connectivity index (χ1v) is 8.05. The van der Waals surface area contributed by atoms with E-state index in [1.165, 1.54) is 6.26 Å². The number of benzene rings is 1.